The van der Waals surface area contributed by atoms with Gasteiger partial charge in [0.2, 0.25) is 0 Å². The highest BCUT2D eigenvalue weighted by molar-refractivity contribution is 5.33. The van der Waals surface area contributed by atoms with Crippen LogP contribution in [-0.2, 0) is 6.42 Å². The largest absolute Gasteiger partial charge is 0.324 e. The minimum absolute atomic E-state index is 0.0763. The van der Waals surface area contributed by atoms with E-state index in [0.29, 0.717) is 0 Å². The summed E-state index contributed by atoms with van der Waals surface area (Å²) >= 11 is 0. The summed E-state index contributed by atoms with van der Waals surface area (Å²) in [6, 6.07) is 15.1. The van der Waals surface area contributed by atoms with Crippen LogP contribution in [-0.4, -0.2) is 0 Å². The van der Waals surface area contributed by atoms with Crippen LogP contribution in [0.15, 0.2) is 42.5 Å². The standard InChI is InChI=1S/C17H21N/c1-12-8-13(2)10-15(9-12)11-17(18)16-7-5-4-6-14(16)3/h4-10,17H,11,18H2,1-3H3. The molecule has 0 heterocycles. The van der Waals surface area contributed by atoms with Gasteiger partial charge in [0.15, 0.2) is 0 Å². The molecule has 0 aliphatic rings. The zero-order valence-corrected chi connectivity index (χ0v) is 11.4. The lowest BCUT2D eigenvalue weighted by molar-refractivity contribution is 0.716. The second-order valence-corrected chi connectivity index (χ2v) is 5.16. The van der Waals surface area contributed by atoms with E-state index < -0.39 is 0 Å². The number of nitrogens with two attached hydrogens (primary N) is 1. The Kier molecular flexibility index (Phi) is 3.83. The van der Waals surface area contributed by atoms with Gasteiger partial charge in [-0.15, -0.1) is 0 Å². The van der Waals surface area contributed by atoms with Gasteiger partial charge in [0.05, 0.1) is 0 Å². The van der Waals surface area contributed by atoms with E-state index in [2.05, 4.69) is 63.2 Å². The van der Waals surface area contributed by atoms with Gasteiger partial charge in [0.25, 0.3) is 0 Å². The summed E-state index contributed by atoms with van der Waals surface area (Å²) in [4.78, 5) is 0. The molecule has 2 rings (SSSR count). The van der Waals surface area contributed by atoms with Crippen LogP contribution in [0.5, 0.6) is 0 Å². The molecule has 0 bridgehead atoms. The molecule has 1 nitrogen and oxygen atoms in total. The van der Waals surface area contributed by atoms with Gasteiger partial charge in [-0.25, -0.2) is 0 Å². The fraction of sp³-hybridized carbons (Fsp3) is 0.294. The van der Waals surface area contributed by atoms with Gasteiger partial charge in [-0.2, -0.15) is 0 Å². The normalized spacial score (nSPS) is 12.4. The summed E-state index contributed by atoms with van der Waals surface area (Å²) in [5, 5.41) is 0. The van der Waals surface area contributed by atoms with Crippen molar-refractivity contribution < 1.29 is 0 Å². The number of benzene rings is 2. The molecule has 0 fully saturated rings. The SMILES string of the molecule is Cc1cc(C)cc(CC(N)c2ccccc2C)c1. The van der Waals surface area contributed by atoms with Gasteiger partial charge in [0.1, 0.15) is 0 Å². The molecular formula is C17H21N. The van der Waals surface area contributed by atoms with Crippen molar-refractivity contribution in [1.82, 2.24) is 0 Å². The molecule has 0 amide bonds. The lowest BCUT2D eigenvalue weighted by atomic mass is 9.95. The lowest BCUT2D eigenvalue weighted by Gasteiger charge is -2.15. The average molecular weight is 239 g/mol. The van der Waals surface area contributed by atoms with Crippen molar-refractivity contribution in [2.75, 3.05) is 0 Å². The van der Waals surface area contributed by atoms with Gasteiger partial charge >= 0.3 is 0 Å². The van der Waals surface area contributed by atoms with Crippen LogP contribution in [0.1, 0.15) is 33.9 Å². The third-order valence-corrected chi connectivity index (χ3v) is 3.33. The van der Waals surface area contributed by atoms with Crippen LogP contribution < -0.4 is 5.73 Å². The second kappa shape index (κ2) is 5.36. The highest BCUT2D eigenvalue weighted by Gasteiger charge is 2.09. The second-order valence-electron chi connectivity index (χ2n) is 5.16. The van der Waals surface area contributed by atoms with Crippen molar-refractivity contribution >= 4 is 0 Å². The van der Waals surface area contributed by atoms with Crippen LogP contribution in [0.4, 0.5) is 0 Å². The molecule has 2 aromatic rings. The Morgan fingerprint density at radius 3 is 2.17 bits per heavy atom. The molecule has 0 radical (unpaired) electrons. The minimum atomic E-state index is 0.0763. The monoisotopic (exact) mass is 239 g/mol. The number of rotatable bonds is 3. The molecule has 18 heavy (non-hydrogen) atoms. The first-order chi connectivity index (χ1) is 8.56. The molecule has 94 valence electrons. The van der Waals surface area contributed by atoms with E-state index in [0.717, 1.165) is 6.42 Å². The Bertz CT molecular complexity index is 523. The third kappa shape index (κ3) is 2.99. The van der Waals surface area contributed by atoms with Gasteiger partial charge in [0, 0.05) is 6.04 Å². The molecule has 0 saturated heterocycles. The first kappa shape index (κ1) is 12.8. The van der Waals surface area contributed by atoms with Crippen LogP contribution in [0.3, 0.4) is 0 Å². The maximum atomic E-state index is 6.33. The maximum Gasteiger partial charge on any atom is 0.0338 e. The molecule has 2 aromatic carbocycles. The summed E-state index contributed by atoms with van der Waals surface area (Å²) in [5.41, 5.74) is 12.8. The maximum absolute atomic E-state index is 6.33. The van der Waals surface area contributed by atoms with Crippen LogP contribution >= 0.6 is 0 Å². The molecule has 0 saturated carbocycles. The summed E-state index contributed by atoms with van der Waals surface area (Å²) in [7, 11) is 0. The Balaban J connectivity index is 2.21. The fourth-order valence-corrected chi connectivity index (χ4v) is 2.55. The molecule has 0 aromatic heterocycles. The topological polar surface area (TPSA) is 26.0 Å². The van der Waals surface area contributed by atoms with Gasteiger partial charge < -0.3 is 5.73 Å². The minimum Gasteiger partial charge on any atom is -0.324 e. The fourth-order valence-electron chi connectivity index (χ4n) is 2.55. The van der Waals surface area contributed by atoms with E-state index in [1.54, 1.807) is 0 Å². The van der Waals surface area contributed by atoms with Gasteiger partial charge in [-0.3, -0.25) is 0 Å². The number of aryl methyl sites for hydroxylation is 3. The zero-order valence-electron chi connectivity index (χ0n) is 11.4. The number of hydrogen-bond acceptors (Lipinski definition) is 1. The Hall–Kier alpha value is -1.60. The summed E-state index contributed by atoms with van der Waals surface area (Å²) in [6.07, 6.45) is 0.896. The van der Waals surface area contributed by atoms with Crippen molar-refractivity contribution in [3.05, 3.63) is 70.3 Å². The van der Waals surface area contributed by atoms with E-state index in [1.807, 2.05) is 0 Å². The van der Waals surface area contributed by atoms with Crippen molar-refractivity contribution in [1.29, 1.82) is 0 Å². The van der Waals surface area contributed by atoms with Crippen molar-refractivity contribution in [3.63, 3.8) is 0 Å². The van der Waals surface area contributed by atoms with Crippen LogP contribution in [0, 0.1) is 20.8 Å². The van der Waals surface area contributed by atoms with E-state index in [1.165, 1.54) is 27.8 Å². The Morgan fingerprint density at radius 1 is 0.944 bits per heavy atom. The molecule has 1 atom stereocenters. The van der Waals surface area contributed by atoms with Crippen molar-refractivity contribution in [2.24, 2.45) is 5.73 Å². The van der Waals surface area contributed by atoms with Gasteiger partial charge in [-0.1, -0.05) is 53.6 Å². The highest BCUT2D eigenvalue weighted by Crippen LogP contribution is 2.20. The highest BCUT2D eigenvalue weighted by atomic mass is 14.6. The van der Waals surface area contributed by atoms with E-state index in [9.17, 15) is 0 Å². The Labute approximate surface area is 110 Å². The zero-order chi connectivity index (χ0) is 13.1. The molecule has 1 heteroatoms. The first-order valence-corrected chi connectivity index (χ1v) is 6.44. The van der Waals surface area contributed by atoms with E-state index in [4.69, 9.17) is 5.73 Å². The lowest BCUT2D eigenvalue weighted by Crippen LogP contribution is -2.14. The molecule has 2 N–H and O–H groups in total. The third-order valence-electron chi connectivity index (χ3n) is 3.33. The predicted molar refractivity (Wildman–Crippen MR) is 77.7 cm³/mol. The average Bonchev–Trinajstić information content (AvgIpc) is 2.27. The van der Waals surface area contributed by atoms with Gasteiger partial charge in [-0.05, 0) is 43.9 Å². The summed E-state index contributed by atoms with van der Waals surface area (Å²) in [5.74, 6) is 0. The molecule has 1 unspecified atom stereocenters. The summed E-state index contributed by atoms with van der Waals surface area (Å²) in [6.45, 7) is 6.39. The quantitative estimate of drug-likeness (QED) is 0.865. The van der Waals surface area contributed by atoms with Crippen LogP contribution in [0.25, 0.3) is 0 Å². The first-order valence-electron chi connectivity index (χ1n) is 6.44. The number of hydrogen-bond donors (Lipinski definition) is 1. The Morgan fingerprint density at radius 2 is 1.56 bits per heavy atom. The van der Waals surface area contributed by atoms with Crippen molar-refractivity contribution in [2.45, 2.75) is 33.2 Å². The predicted octanol–water partition coefficient (Wildman–Crippen LogP) is 3.85. The molecular weight excluding hydrogens is 218 g/mol. The summed E-state index contributed by atoms with van der Waals surface area (Å²) < 4.78 is 0. The molecule has 0 aliphatic heterocycles. The van der Waals surface area contributed by atoms with Crippen LogP contribution in [0.2, 0.25) is 0 Å². The molecule has 0 aliphatic carbocycles. The van der Waals surface area contributed by atoms with E-state index in [-0.39, 0.29) is 6.04 Å². The smallest absolute Gasteiger partial charge is 0.0338 e. The van der Waals surface area contributed by atoms with Crippen molar-refractivity contribution in [3.8, 4) is 0 Å². The molecule has 0 spiro atoms. The van der Waals surface area contributed by atoms with E-state index >= 15 is 0 Å².